The summed E-state index contributed by atoms with van der Waals surface area (Å²) in [6, 6.07) is 2.20. The van der Waals surface area contributed by atoms with Crippen molar-refractivity contribution in [3.63, 3.8) is 0 Å². The lowest BCUT2D eigenvalue weighted by Crippen LogP contribution is -2.26. The minimum atomic E-state index is -1.32. The van der Waals surface area contributed by atoms with Crippen molar-refractivity contribution in [3.05, 3.63) is 11.3 Å². The lowest BCUT2D eigenvalue weighted by Gasteiger charge is -2.21. The number of allylic oxidation sites excluding steroid dienone is 1. The average molecular weight is 256 g/mol. The molecule has 0 aliphatic heterocycles. The number of aliphatic carboxylic acids is 1. The molecule has 0 aromatic carbocycles. The van der Waals surface area contributed by atoms with Gasteiger partial charge in [0.25, 0.3) is 0 Å². The summed E-state index contributed by atoms with van der Waals surface area (Å²) in [6.07, 6.45) is 1.98. The molecule has 0 heterocycles. The second kappa shape index (κ2) is 7.70. The Kier molecular flexibility index (Phi) is 7.44. The molecule has 0 spiro atoms. The highest BCUT2D eigenvalue weighted by Crippen LogP contribution is 2.22. The van der Waals surface area contributed by atoms with Gasteiger partial charge < -0.3 is 5.11 Å². The third kappa shape index (κ3) is 7.37. The monoisotopic (exact) mass is 256 g/mol. The maximum atomic E-state index is 11.4. The largest absolute Gasteiger partial charge is 0.478 e. The van der Waals surface area contributed by atoms with E-state index in [0.29, 0.717) is 17.8 Å². The summed E-state index contributed by atoms with van der Waals surface area (Å²) in [4.78, 5) is 11.4. The first-order chi connectivity index (χ1) is 7.73. The van der Waals surface area contributed by atoms with E-state index in [1.807, 2.05) is 6.08 Å². The van der Waals surface area contributed by atoms with E-state index < -0.39 is 14.8 Å². The van der Waals surface area contributed by atoms with Gasteiger partial charge in [-0.1, -0.05) is 59.7 Å². The smallest absolute Gasteiger partial charge is 0.326 e. The van der Waals surface area contributed by atoms with Crippen LogP contribution in [0.25, 0.3) is 0 Å². The van der Waals surface area contributed by atoms with Gasteiger partial charge in [0.15, 0.2) is 0 Å². The quantitative estimate of drug-likeness (QED) is 0.556. The van der Waals surface area contributed by atoms with Gasteiger partial charge in [0.1, 0.15) is 0 Å². The molecule has 0 amide bonds. The number of carboxylic acid groups (broad SMARTS) is 1. The van der Waals surface area contributed by atoms with Gasteiger partial charge in [-0.15, -0.1) is 0 Å². The number of carboxylic acids is 1. The standard InChI is InChI=1S/C14H28O2Si/c1-10(2)7-13(14(15)16)17(8-11(3)4)9-12(5)6/h7,10-12,17H,8-9H2,1-6H3,(H,15,16). The summed E-state index contributed by atoms with van der Waals surface area (Å²) in [5.74, 6) is 0.841. The highest BCUT2D eigenvalue weighted by atomic mass is 28.3. The second-order valence-corrected chi connectivity index (χ2v) is 9.09. The van der Waals surface area contributed by atoms with E-state index in [4.69, 9.17) is 0 Å². The fourth-order valence-electron chi connectivity index (χ4n) is 2.23. The van der Waals surface area contributed by atoms with Crippen LogP contribution in [0.4, 0.5) is 0 Å². The molecule has 3 heteroatoms. The molecule has 0 aliphatic rings. The Bertz CT molecular complexity index is 257. The van der Waals surface area contributed by atoms with Crippen molar-refractivity contribution in [1.29, 1.82) is 0 Å². The molecule has 0 aromatic rings. The predicted molar refractivity (Wildman–Crippen MR) is 77.0 cm³/mol. The highest BCUT2D eigenvalue weighted by Gasteiger charge is 2.24. The third-order valence-corrected chi connectivity index (χ3v) is 7.05. The Morgan fingerprint density at radius 1 is 1.06 bits per heavy atom. The van der Waals surface area contributed by atoms with Crippen molar-refractivity contribution in [2.24, 2.45) is 17.8 Å². The molecule has 0 atom stereocenters. The molecular weight excluding hydrogens is 228 g/mol. The summed E-state index contributed by atoms with van der Waals surface area (Å²) in [5, 5.41) is 10.1. The molecule has 0 unspecified atom stereocenters. The van der Waals surface area contributed by atoms with E-state index in [9.17, 15) is 9.90 Å². The van der Waals surface area contributed by atoms with Crippen LogP contribution in [0.2, 0.25) is 12.1 Å². The lowest BCUT2D eigenvalue weighted by atomic mass is 10.2. The zero-order valence-corrected chi connectivity index (χ0v) is 13.3. The van der Waals surface area contributed by atoms with Crippen LogP contribution >= 0.6 is 0 Å². The van der Waals surface area contributed by atoms with Gasteiger partial charge in [-0.05, 0) is 17.8 Å². The van der Waals surface area contributed by atoms with Crippen LogP contribution in [0.5, 0.6) is 0 Å². The second-order valence-electron chi connectivity index (χ2n) is 6.13. The van der Waals surface area contributed by atoms with E-state index >= 15 is 0 Å². The van der Waals surface area contributed by atoms with Gasteiger partial charge in [0, 0.05) is 5.20 Å². The Labute approximate surface area is 108 Å². The molecule has 0 aliphatic carbocycles. The lowest BCUT2D eigenvalue weighted by molar-refractivity contribution is -0.132. The Morgan fingerprint density at radius 3 is 1.71 bits per heavy atom. The topological polar surface area (TPSA) is 37.3 Å². The maximum absolute atomic E-state index is 11.4. The van der Waals surface area contributed by atoms with Crippen LogP contribution in [0.3, 0.4) is 0 Å². The zero-order valence-electron chi connectivity index (χ0n) is 12.2. The van der Waals surface area contributed by atoms with Crippen LogP contribution in [0.15, 0.2) is 11.3 Å². The van der Waals surface area contributed by atoms with E-state index in [2.05, 4.69) is 41.5 Å². The fourth-order valence-corrected chi connectivity index (χ4v) is 6.21. The molecule has 17 heavy (non-hydrogen) atoms. The summed E-state index contributed by atoms with van der Waals surface area (Å²) in [6.45, 7) is 12.9. The average Bonchev–Trinajstić information content (AvgIpc) is 2.10. The fraction of sp³-hybridized carbons (Fsp3) is 0.786. The van der Waals surface area contributed by atoms with Crippen LogP contribution in [-0.4, -0.2) is 19.9 Å². The molecule has 0 saturated carbocycles. The molecule has 1 N–H and O–H groups in total. The number of rotatable bonds is 7. The predicted octanol–water partition coefficient (Wildman–Crippen LogP) is 3.73. The number of carbonyl (C=O) groups is 1. The highest BCUT2D eigenvalue weighted by molar-refractivity contribution is 6.72. The Hall–Kier alpha value is -0.573. The SMILES string of the molecule is CC(C)C=C(C(=O)O)[SiH](CC(C)C)CC(C)C. The van der Waals surface area contributed by atoms with Crippen molar-refractivity contribution in [2.45, 2.75) is 53.6 Å². The third-order valence-electron chi connectivity index (χ3n) is 2.71. The van der Waals surface area contributed by atoms with Crippen LogP contribution in [-0.2, 0) is 4.79 Å². The van der Waals surface area contributed by atoms with Crippen molar-refractivity contribution in [2.75, 3.05) is 0 Å². The summed E-state index contributed by atoms with van der Waals surface area (Å²) < 4.78 is 0. The Balaban J connectivity index is 5.00. The first-order valence-electron chi connectivity index (χ1n) is 6.69. The molecular formula is C14H28O2Si. The van der Waals surface area contributed by atoms with Gasteiger partial charge in [-0.3, -0.25) is 0 Å². The molecule has 0 saturated heterocycles. The molecule has 0 rings (SSSR count). The van der Waals surface area contributed by atoms with Crippen LogP contribution < -0.4 is 0 Å². The minimum absolute atomic E-state index is 0.329. The molecule has 0 radical (unpaired) electrons. The summed E-state index contributed by atoms with van der Waals surface area (Å²) >= 11 is 0. The van der Waals surface area contributed by atoms with E-state index in [1.165, 1.54) is 0 Å². The molecule has 0 fully saturated rings. The van der Waals surface area contributed by atoms with Crippen molar-refractivity contribution in [3.8, 4) is 0 Å². The number of hydrogen-bond donors (Lipinski definition) is 1. The van der Waals surface area contributed by atoms with Gasteiger partial charge in [0.2, 0.25) is 0 Å². The minimum Gasteiger partial charge on any atom is -0.478 e. The first-order valence-corrected chi connectivity index (χ1v) is 8.90. The van der Waals surface area contributed by atoms with E-state index in [0.717, 1.165) is 17.3 Å². The van der Waals surface area contributed by atoms with Crippen molar-refractivity contribution < 1.29 is 9.90 Å². The zero-order chi connectivity index (χ0) is 13.6. The maximum Gasteiger partial charge on any atom is 0.326 e. The molecule has 100 valence electrons. The Morgan fingerprint density at radius 2 is 1.47 bits per heavy atom. The molecule has 2 nitrogen and oxygen atoms in total. The molecule has 0 aromatic heterocycles. The van der Waals surface area contributed by atoms with Gasteiger partial charge in [0.05, 0.1) is 8.80 Å². The van der Waals surface area contributed by atoms with Gasteiger partial charge in [-0.2, -0.15) is 0 Å². The van der Waals surface area contributed by atoms with E-state index in [-0.39, 0.29) is 0 Å². The van der Waals surface area contributed by atoms with E-state index in [1.54, 1.807) is 0 Å². The van der Waals surface area contributed by atoms with Crippen molar-refractivity contribution in [1.82, 2.24) is 0 Å². The van der Waals surface area contributed by atoms with Crippen LogP contribution in [0.1, 0.15) is 41.5 Å². The van der Waals surface area contributed by atoms with Gasteiger partial charge in [-0.25, -0.2) is 4.79 Å². The first kappa shape index (κ1) is 16.4. The normalized spacial score (nSPS) is 13.2. The summed E-state index contributed by atoms with van der Waals surface area (Å²) in [5.41, 5.74) is 0. The van der Waals surface area contributed by atoms with Crippen LogP contribution in [0, 0.1) is 17.8 Å². The number of hydrogen-bond acceptors (Lipinski definition) is 1. The van der Waals surface area contributed by atoms with Crippen molar-refractivity contribution >= 4 is 14.8 Å². The summed E-state index contributed by atoms with van der Waals surface area (Å²) in [7, 11) is -1.32. The van der Waals surface area contributed by atoms with Gasteiger partial charge >= 0.3 is 5.97 Å². The molecule has 0 bridgehead atoms.